The molecule has 1 atom stereocenters. The SMILES string of the molecule is CC(C)OCCCN1C(=O)C(=O)/C(=C(\O)c2ccncc2)C1c1ccccn1. The molecule has 7 heteroatoms. The molecule has 0 aromatic carbocycles. The normalized spacial score (nSPS) is 18.8. The van der Waals surface area contributed by atoms with Crippen LogP contribution in [0.2, 0.25) is 0 Å². The summed E-state index contributed by atoms with van der Waals surface area (Å²) in [4.78, 5) is 35.2. The van der Waals surface area contributed by atoms with Crippen LogP contribution >= 0.6 is 0 Å². The van der Waals surface area contributed by atoms with E-state index in [9.17, 15) is 14.7 Å². The number of hydrogen-bond donors (Lipinski definition) is 1. The molecule has 0 spiro atoms. The second-order valence-electron chi connectivity index (χ2n) is 6.76. The monoisotopic (exact) mass is 381 g/mol. The van der Waals surface area contributed by atoms with Crippen molar-refractivity contribution in [3.05, 3.63) is 65.8 Å². The molecule has 0 saturated carbocycles. The van der Waals surface area contributed by atoms with Gasteiger partial charge in [0.2, 0.25) is 0 Å². The van der Waals surface area contributed by atoms with Crippen LogP contribution in [0.25, 0.3) is 5.76 Å². The summed E-state index contributed by atoms with van der Waals surface area (Å²) in [5.41, 5.74) is 0.999. The van der Waals surface area contributed by atoms with Crippen molar-refractivity contribution in [3.8, 4) is 0 Å². The van der Waals surface area contributed by atoms with Gasteiger partial charge in [0.15, 0.2) is 0 Å². The Labute approximate surface area is 163 Å². The number of hydrogen-bond acceptors (Lipinski definition) is 6. The number of likely N-dealkylation sites (tertiary alicyclic amines) is 1. The Bertz CT molecular complexity index is 866. The Kier molecular flexibility index (Phi) is 6.16. The third kappa shape index (κ3) is 4.09. The molecular weight excluding hydrogens is 358 g/mol. The summed E-state index contributed by atoms with van der Waals surface area (Å²) in [7, 11) is 0. The van der Waals surface area contributed by atoms with Gasteiger partial charge in [-0.3, -0.25) is 19.6 Å². The van der Waals surface area contributed by atoms with Gasteiger partial charge in [0.05, 0.1) is 17.4 Å². The number of aliphatic hydroxyl groups is 1. The van der Waals surface area contributed by atoms with E-state index < -0.39 is 17.7 Å². The van der Waals surface area contributed by atoms with E-state index in [1.54, 1.807) is 36.5 Å². The molecule has 0 aliphatic carbocycles. The highest BCUT2D eigenvalue weighted by Gasteiger charge is 2.46. The molecule has 1 N–H and O–H groups in total. The molecule has 7 nitrogen and oxygen atoms in total. The number of ketones is 1. The second kappa shape index (κ2) is 8.75. The molecule has 2 aromatic heterocycles. The van der Waals surface area contributed by atoms with Crippen molar-refractivity contribution in [2.24, 2.45) is 0 Å². The highest BCUT2D eigenvalue weighted by molar-refractivity contribution is 6.46. The first kappa shape index (κ1) is 19.7. The van der Waals surface area contributed by atoms with E-state index >= 15 is 0 Å². The summed E-state index contributed by atoms with van der Waals surface area (Å²) < 4.78 is 5.54. The fraction of sp³-hybridized carbons (Fsp3) is 0.333. The van der Waals surface area contributed by atoms with Gasteiger partial charge in [0.25, 0.3) is 11.7 Å². The quantitative estimate of drug-likeness (QED) is 0.343. The number of Topliss-reactive ketones (excluding diaryl/α,β-unsaturated/α-hetero) is 1. The van der Waals surface area contributed by atoms with E-state index in [4.69, 9.17) is 4.74 Å². The molecule has 1 unspecified atom stereocenters. The first-order valence-corrected chi connectivity index (χ1v) is 9.22. The van der Waals surface area contributed by atoms with Crippen LogP contribution in [0.5, 0.6) is 0 Å². The largest absolute Gasteiger partial charge is 0.507 e. The van der Waals surface area contributed by atoms with Gasteiger partial charge in [-0.05, 0) is 44.5 Å². The van der Waals surface area contributed by atoms with Gasteiger partial charge < -0.3 is 14.7 Å². The number of amides is 1. The second-order valence-corrected chi connectivity index (χ2v) is 6.76. The molecule has 1 saturated heterocycles. The lowest BCUT2D eigenvalue weighted by molar-refractivity contribution is -0.140. The number of aliphatic hydroxyl groups excluding tert-OH is 1. The van der Waals surface area contributed by atoms with Crippen LogP contribution in [-0.4, -0.2) is 50.9 Å². The van der Waals surface area contributed by atoms with E-state index in [2.05, 4.69) is 9.97 Å². The Balaban J connectivity index is 1.99. The number of aromatic nitrogens is 2. The highest BCUT2D eigenvalue weighted by atomic mass is 16.5. The Morgan fingerprint density at radius 2 is 1.93 bits per heavy atom. The first-order chi connectivity index (χ1) is 13.5. The molecule has 146 valence electrons. The molecule has 3 rings (SSSR count). The number of carbonyl (C=O) groups excluding carboxylic acids is 2. The molecular formula is C21H23N3O4. The van der Waals surface area contributed by atoms with Crippen molar-refractivity contribution in [3.63, 3.8) is 0 Å². The summed E-state index contributed by atoms with van der Waals surface area (Å²) in [5, 5.41) is 10.8. The van der Waals surface area contributed by atoms with Crippen LogP contribution in [0.3, 0.4) is 0 Å². The Morgan fingerprint density at radius 1 is 1.18 bits per heavy atom. The van der Waals surface area contributed by atoms with Crippen molar-refractivity contribution in [2.75, 3.05) is 13.2 Å². The maximum absolute atomic E-state index is 12.8. The standard InChI is InChI=1S/C21H23N3O4/c1-14(2)28-13-5-12-24-18(16-6-3-4-9-23-16)17(20(26)21(24)27)19(25)15-7-10-22-11-8-15/h3-4,6-11,14,18,25H,5,12-13H2,1-2H3/b19-17-. The van der Waals surface area contributed by atoms with E-state index in [-0.39, 0.29) is 17.4 Å². The third-order valence-electron chi connectivity index (χ3n) is 4.46. The molecule has 1 fully saturated rings. The zero-order valence-electron chi connectivity index (χ0n) is 15.9. The van der Waals surface area contributed by atoms with Crippen LogP contribution in [0.4, 0.5) is 0 Å². The Hall–Kier alpha value is -3.06. The molecule has 1 aliphatic heterocycles. The van der Waals surface area contributed by atoms with Gasteiger partial charge >= 0.3 is 0 Å². The van der Waals surface area contributed by atoms with E-state index in [1.165, 1.54) is 17.3 Å². The van der Waals surface area contributed by atoms with E-state index in [1.807, 2.05) is 13.8 Å². The van der Waals surface area contributed by atoms with Gasteiger partial charge in [-0.25, -0.2) is 0 Å². The van der Waals surface area contributed by atoms with Crippen molar-refractivity contribution in [1.29, 1.82) is 0 Å². The zero-order chi connectivity index (χ0) is 20.1. The van der Waals surface area contributed by atoms with Crippen molar-refractivity contribution in [2.45, 2.75) is 32.4 Å². The van der Waals surface area contributed by atoms with Gasteiger partial charge in [-0.1, -0.05) is 6.07 Å². The zero-order valence-corrected chi connectivity index (χ0v) is 15.9. The summed E-state index contributed by atoms with van der Waals surface area (Å²) >= 11 is 0. The Morgan fingerprint density at radius 3 is 2.57 bits per heavy atom. The minimum absolute atomic E-state index is 0.0414. The van der Waals surface area contributed by atoms with Crippen LogP contribution in [0.1, 0.15) is 37.6 Å². The van der Waals surface area contributed by atoms with Crippen LogP contribution in [0.15, 0.2) is 54.5 Å². The predicted molar refractivity (Wildman–Crippen MR) is 103 cm³/mol. The number of carbonyl (C=O) groups is 2. The molecule has 0 radical (unpaired) electrons. The van der Waals surface area contributed by atoms with E-state index in [0.717, 1.165) is 0 Å². The minimum Gasteiger partial charge on any atom is -0.507 e. The lowest BCUT2D eigenvalue weighted by atomic mass is 9.99. The number of nitrogens with zero attached hydrogens (tertiary/aromatic N) is 3. The summed E-state index contributed by atoms with van der Waals surface area (Å²) in [6, 6.07) is 7.73. The average Bonchev–Trinajstić information content (AvgIpc) is 2.96. The summed E-state index contributed by atoms with van der Waals surface area (Å²) in [5.74, 6) is -1.58. The average molecular weight is 381 g/mol. The molecule has 3 heterocycles. The van der Waals surface area contributed by atoms with Crippen molar-refractivity contribution < 1.29 is 19.4 Å². The lowest BCUT2D eigenvalue weighted by Crippen LogP contribution is -2.31. The van der Waals surface area contributed by atoms with Gasteiger partial charge in [-0.15, -0.1) is 0 Å². The smallest absolute Gasteiger partial charge is 0.295 e. The predicted octanol–water partition coefficient (Wildman–Crippen LogP) is 2.71. The topological polar surface area (TPSA) is 92.6 Å². The first-order valence-electron chi connectivity index (χ1n) is 9.22. The summed E-state index contributed by atoms with van der Waals surface area (Å²) in [6.45, 7) is 4.68. The molecule has 2 aromatic rings. The third-order valence-corrected chi connectivity index (χ3v) is 4.46. The van der Waals surface area contributed by atoms with Gasteiger partial charge in [0, 0.05) is 37.3 Å². The van der Waals surface area contributed by atoms with Crippen molar-refractivity contribution >= 4 is 17.4 Å². The molecule has 28 heavy (non-hydrogen) atoms. The fourth-order valence-electron chi connectivity index (χ4n) is 3.18. The molecule has 0 bridgehead atoms. The van der Waals surface area contributed by atoms with Gasteiger partial charge in [0.1, 0.15) is 11.8 Å². The number of pyridine rings is 2. The number of ether oxygens (including phenoxy) is 1. The maximum Gasteiger partial charge on any atom is 0.295 e. The minimum atomic E-state index is -0.742. The van der Waals surface area contributed by atoms with E-state index in [0.29, 0.717) is 30.8 Å². The number of rotatable bonds is 7. The lowest BCUT2D eigenvalue weighted by Gasteiger charge is -2.24. The van der Waals surface area contributed by atoms with Crippen molar-refractivity contribution in [1.82, 2.24) is 14.9 Å². The van der Waals surface area contributed by atoms with Crippen LogP contribution in [0, 0.1) is 0 Å². The highest BCUT2D eigenvalue weighted by Crippen LogP contribution is 2.38. The maximum atomic E-state index is 12.8. The van der Waals surface area contributed by atoms with Gasteiger partial charge in [-0.2, -0.15) is 0 Å². The van der Waals surface area contributed by atoms with Crippen LogP contribution in [-0.2, 0) is 14.3 Å². The summed E-state index contributed by atoms with van der Waals surface area (Å²) in [6.07, 6.45) is 5.30. The van der Waals surface area contributed by atoms with Crippen LogP contribution < -0.4 is 0 Å². The fourth-order valence-corrected chi connectivity index (χ4v) is 3.18. The molecule has 1 amide bonds. The molecule has 1 aliphatic rings.